The van der Waals surface area contributed by atoms with Gasteiger partial charge >= 0.3 is 0 Å². The highest BCUT2D eigenvalue weighted by Gasteiger charge is 2.69. The van der Waals surface area contributed by atoms with Gasteiger partial charge in [0.25, 0.3) is 0 Å². The lowest BCUT2D eigenvalue weighted by Gasteiger charge is -2.61. The van der Waals surface area contributed by atoms with Gasteiger partial charge in [-0.25, -0.2) is 0 Å². The van der Waals surface area contributed by atoms with Crippen molar-refractivity contribution in [2.45, 2.75) is 97.1 Å². The van der Waals surface area contributed by atoms with Crippen molar-refractivity contribution in [3.63, 3.8) is 0 Å². The van der Waals surface area contributed by atoms with Gasteiger partial charge in [-0.1, -0.05) is 27.7 Å². The van der Waals surface area contributed by atoms with Crippen molar-refractivity contribution in [1.82, 2.24) is 0 Å². The summed E-state index contributed by atoms with van der Waals surface area (Å²) in [6.07, 6.45) is 11.8. The molecule has 0 amide bonds. The van der Waals surface area contributed by atoms with Gasteiger partial charge in [0.05, 0.1) is 25.4 Å². The molecule has 0 N–H and O–H groups in total. The quantitative estimate of drug-likeness (QED) is 0.548. The molecule has 27 heavy (non-hydrogen) atoms. The standard InChI is InChI=1S/C24H38O3/c1-21(2)13-25-24(26-14-21)12-8-17-15-5-6-18-20-19(27-20)9-10-22(18,3)16(15)7-11-23(17,24)4/h15-20H,5-14H2,1-4H3/t15-,16+,17+,18+,19-,20+,22-,23+/m1/s1. The average molecular weight is 375 g/mol. The molecule has 0 aromatic heterocycles. The molecule has 6 fully saturated rings. The molecule has 1 spiro atoms. The van der Waals surface area contributed by atoms with Crippen molar-refractivity contribution in [3.8, 4) is 0 Å². The number of fused-ring (bicyclic) bond motifs is 8. The van der Waals surface area contributed by atoms with Crippen molar-refractivity contribution in [2.24, 2.45) is 39.9 Å². The molecule has 0 bridgehead atoms. The molecule has 0 aromatic carbocycles. The molecule has 4 aliphatic carbocycles. The third-order valence-electron chi connectivity index (χ3n) is 10.4. The van der Waals surface area contributed by atoms with E-state index in [1.54, 1.807) is 0 Å². The lowest BCUT2D eigenvalue weighted by Crippen LogP contribution is -2.60. The highest BCUT2D eigenvalue weighted by atomic mass is 16.7. The first-order valence-electron chi connectivity index (χ1n) is 11.7. The van der Waals surface area contributed by atoms with Gasteiger partial charge < -0.3 is 14.2 Å². The first-order valence-corrected chi connectivity index (χ1v) is 11.7. The van der Waals surface area contributed by atoms with Crippen LogP contribution in [0.1, 0.15) is 79.1 Å². The van der Waals surface area contributed by atoms with Crippen molar-refractivity contribution in [1.29, 1.82) is 0 Å². The highest BCUT2D eigenvalue weighted by molar-refractivity contribution is 5.15. The number of hydrogen-bond acceptors (Lipinski definition) is 3. The Labute approximate surface area is 164 Å². The topological polar surface area (TPSA) is 31.0 Å². The minimum Gasteiger partial charge on any atom is -0.369 e. The maximum absolute atomic E-state index is 6.61. The Morgan fingerprint density at radius 3 is 2.22 bits per heavy atom. The Balaban J connectivity index is 1.29. The Kier molecular flexibility index (Phi) is 3.49. The molecule has 152 valence electrons. The van der Waals surface area contributed by atoms with Gasteiger partial charge in [0.15, 0.2) is 5.79 Å². The van der Waals surface area contributed by atoms with E-state index in [1.807, 2.05) is 0 Å². The summed E-state index contributed by atoms with van der Waals surface area (Å²) in [5.41, 5.74) is 0.889. The Hall–Kier alpha value is -0.120. The summed E-state index contributed by atoms with van der Waals surface area (Å²) in [4.78, 5) is 0. The fourth-order valence-electron chi connectivity index (χ4n) is 8.73. The van der Waals surface area contributed by atoms with Crippen LogP contribution in [0.5, 0.6) is 0 Å². The lowest BCUT2D eigenvalue weighted by atomic mass is 9.45. The number of epoxide rings is 1. The second kappa shape index (κ2) is 5.32. The van der Waals surface area contributed by atoms with Gasteiger partial charge in [-0.05, 0) is 74.0 Å². The van der Waals surface area contributed by atoms with Crippen LogP contribution >= 0.6 is 0 Å². The van der Waals surface area contributed by atoms with E-state index in [0.717, 1.165) is 43.3 Å². The lowest BCUT2D eigenvalue weighted by molar-refractivity contribution is -0.348. The van der Waals surface area contributed by atoms with Gasteiger partial charge in [-0.15, -0.1) is 0 Å². The van der Waals surface area contributed by atoms with Gasteiger partial charge in [0.2, 0.25) is 0 Å². The van der Waals surface area contributed by atoms with Crippen molar-refractivity contribution in [3.05, 3.63) is 0 Å². The van der Waals surface area contributed by atoms with Crippen LogP contribution in [-0.2, 0) is 14.2 Å². The van der Waals surface area contributed by atoms with Crippen LogP contribution in [0.4, 0.5) is 0 Å². The predicted octanol–water partition coefficient (Wildman–Crippen LogP) is 5.18. The van der Waals surface area contributed by atoms with E-state index in [4.69, 9.17) is 14.2 Å². The molecule has 2 heterocycles. The zero-order chi connectivity index (χ0) is 18.7. The second-order valence-corrected chi connectivity index (χ2v) is 12.2. The third-order valence-corrected chi connectivity index (χ3v) is 10.4. The van der Waals surface area contributed by atoms with Crippen LogP contribution in [0.2, 0.25) is 0 Å². The highest BCUT2D eigenvalue weighted by Crippen LogP contribution is 2.70. The SMILES string of the molecule is CC1(C)COC2(CC[C@H]3[C@@H]4CC[C@H]5[C@@H]6O[C@@H]6CC[C@]5(C)[C@H]4CC[C@@]32C)OC1. The summed E-state index contributed by atoms with van der Waals surface area (Å²) in [6, 6.07) is 0. The first-order chi connectivity index (χ1) is 12.8. The fourth-order valence-corrected chi connectivity index (χ4v) is 8.73. The van der Waals surface area contributed by atoms with Gasteiger partial charge in [0, 0.05) is 17.3 Å². The van der Waals surface area contributed by atoms with Crippen LogP contribution in [0.3, 0.4) is 0 Å². The summed E-state index contributed by atoms with van der Waals surface area (Å²) < 4.78 is 19.3. The van der Waals surface area contributed by atoms with Gasteiger partial charge in [-0.2, -0.15) is 0 Å². The van der Waals surface area contributed by atoms with Crippen molar-refractivity contribution in [2.75, 3.05) is 13.2 Å². The monoisotopic (exact) mass is 374 g/mol. The van der Waals surface area contributed by atoms with E-state index in [-0.39, 0.29) is 16.6 Å². The van der Waals surface area contributed by atoms with Crippen LogP contribution < -0.4 is 0 Å². The summed E-state index contributed by atoms with van der Waals surface area (Å²) in [5, 5.41) is 0. The molecule has 2 aliphatic heterocycles. The first kappa shape index (κ1) is 17.7. The zero-order valence-electron chi connectivity index (χ0n) is 17.8. The fraction of sp³-hybridized carbons (Fsp3) is 1.00. The smallest absolute Gasteiger partial charge is 0.173 e. The number of rotatable bonds is 0. The Bertz CT molecular complexity index is 634. The molecule has 0 unspecified atom stereocenters. The van der Waals surface area contributed by atoms with E-state index >= 15 is 0 Å². The van der Waals surface area contributed by atoms with Crippen LogP contribution in [-0.4, -0.2) is 31.2 Å². The minimum absolute atomic E-state index is 0.158. The van der Waals surface area contributed by atoms with Gasteiger partial charge in [0.1, 0.15) is 0 Å². The van der Waals surface area contributed by atoms with Crippen LogP contribution in [0, 0.1) is 39.9 Å². The molecule has 6 rings (SSSR count). The average Bonchev–Trinajstić information content (AvgIpc) is 3.35. The molecule has 2 saturated heterocycles. The molecular formula is C24H38O3. The maximum atomic E-state index is 6.61. The Morgan fingerprint density at radius 2 is 1.44 bits per heavy atom. The number of hydrogen-bond donors (Lipinski definition) is 0. The van der Waals surface area contributed by atoms with Gasteiger partial charge in [-0.3, -0.25) is 0 Å². The summed E-state index contributed by atoms with van der Waals surface area (Å²) >= 11 is 0. The molecule has 0 radical (unpaired) electrons. The molecule has 4 saturated carbocycles. The van der Waals surface area contributed by atoms with Crippen LogP contribution in [0.15, 0.2) is 0 Å². The molecule has 0 aromatic rings. The van der Waals surface area contributed by atoms with E-state index in [0.29, 0.717) is 17.6 Å². The third kappa shape index (κ3) is 2.20. The Morgan fingerprint density at radius 1 is 0.704 bits per heavy atom. The molecule has 3 nitrogen and oxygen atoms in total. The largest absolute Gasteiger partial charge is 0.369 e. The van der Waals surface area contributed by atoms with Crippen molar-refractivity contribution >= 4 is 0 Å². The molecule has 6 aliphatic rings. The van der Waals surface area contributed by atoms with Crippen molar-refractivity contribution < 1.29 is 14.2 Å². The maximum Gasteiger partial charge on any atom is 0.173 e. The van der Waals surface area contributed by atoms with E-state index in [2.05, 4.69) is 27.7 Å². The second-order valence-electron chi connectivity index (χ2n) is 12.2. The molecule has 8 atom stereocenters. The molecule has 3 heteroatoms. The molecular weight excluding hydrogens is 336 g/mol. The van der Waals surface area contributed by atoms with E-state index in [9.17, 15) is 0 Å². The van der Waals surface area contributed by atoms with E-state index in [1.165, 1.54) is 44.9 Å². The summed E-state index contributed by atoms with van der Waals surface area (Å²) in [5.74, 6) is 3.09. The predicted molar refractivity (Wildman–Crippen MR) is 104 cm³/mol. The number of ether oxygens (including phenoxy) is 3. The minimum atomic E-state index is -0.298. The summed E-state index contributed by atoms with van der Waals surface area (Å²) in [7, 11) is 0. The van der Waals surface area contributed by atoms with Crippen LogP contribution in [0.25, 0.3) is 0 Å². The zero-order valence-corrected chi connectivity index (χ0v) is 17.8. The van der Waals surface area contributed by atoms with E-state index < -0.39 is 0 Å². The summed E-state index contributed by atoms with van der Waals surface area (Å²) in [6.45, 7) is 11.4. The normalized spacial score (nSPS) is 57.3.